The zero-order valence-corrected chi connectivity index (χ0v) is 11.0. The van der Waals surface area contributed by atoms with Gasteiger partial charge in [0.1, 0.15) is 0 Å². The van der Waals surface area contributed by atoms with Crippen molar-refractivity contribution in [1.82, 2.24) is 5.32 Å². The van der Waals surface area contributed by atoms with E-state index in [1.54, 1.807) is 0 Å². The summed E-state index contributed by atoms with van der Waals surface area (Å²) >= 11 is 0. The van der Waals surface area contributed by atoms with Crippen LogP contribution in [0.4, 0.5) is 5.69 Å². The summed E-state index contributed by atoms with van der Waals surface area (Å²) in [6.07, 6.45) is 3.87. The number of anilines is 1. The quantitative estimate of drug-likeness (QED) is 0.854. The van der Waals surface area contributed by atoms with Gasteiger partial charge in [-0.1, -0.05) is 0 Å². The fourth-order valence-electron chi connectivity index (χ4n) is 2.51. The van der Waals surface area contributed by atoms with Gasteiger partial charge in [0.15, 0.2) is 0 Å². The van der Waals surface area contributed by atoms with Gasteiger partial charge in [-0.15, -0.1) is 0 Å². The van der Waals surface area contributed by atoms with E-state index in [1.165, 1.54) is 25.8 Å². The van der Waals surface area contributed by atoms with E-state index in [0.29, 0.717) is 0 Å². The van der Waals surface area contributed by atoms with Gasteiger partial charge in [-0.2, -0.15) is 5.26 Å². The molecule has 0 radical (unpaired) electrons. The Hall–Kier alpha value is -1.53. The van der Waals surface area contributed by atoms with Gasteiger partial charge < -0.3 is 10.6 Å². The predicted octanol–water partition coefficient (Wildman–Crippen LogP) is 2.67. The minimum absolute atomic E-state index is 0.731. The normalized spacial score (nSPS) is 19.2. The van der Waals surface area contributed by atoms with Crippen molar-refractivity contribution in [2.24, 2.45) is 5.92 Å². The van der Waals surface area contributed by atoms with Crippen LogP contribution in [-0.2, 0) is 0 Å². The molecule has 3 heteroatoms. The van der Waals surface area contributed by atoms with Crippen LogP contribution in [0.2, 0.25) is 0 Å². The minimum atomic E-state index is 0.731. The smallest absolute Gasteiger partial charge is 0.0991 e. The van der Waals surface area contributed by atoms with Crippen LogP contribution in [0.1, 0.15) is 30.4 Å². The van der Waals surface area contributed by atoms with E-state index in [4.69, 9.17) is 5.26 Å². The van der Waals surface area contributed by atoms with E-state index in [1.807, 2.05) is 25.1 Å². The van der Waals surface area contributed by atoms with E-state index in [9.17, 15) is 0 Å². The summed E-state index contributed by atoms with van der Waals surface area (Å²) in [6.45, 7) is 5.40. The SMILES string of the molecule is Cc1cc(C#N)ccc1NCCC1CCCNC1. The number of piperidine rings is 1. The molecule has 1 aliphatic heterocycles. The van der Waals surface area contributed by atoms with Crippen molar-refractivity contribution >= 4 is 5.69 Å². The zero-order valence-electron chi connectivity index (χ0n) is 11.0. The lowest BCUT2D eigenvalue weighted by Gasteiger charge is -2.23. The van der Waals surface area contributed by atoms with Gasteiger partial charge >= 0.3 is 0 Å². The monoisotopic (exact) mass is 243 g/mol. The molecule has 0 aliphatic carbocycles. The molecule has 1 aromatic rings. The third-order valence-corrected chi connectivity index (χ3v) is 3.62. The molecule has 18 heavy (non-hydrogen) atoms. The maximum Gasteiger partial charge on any atom is 0.0991 e. The van der Waals surface area contributed by atoms with Crippen LogP contribution in [0.15, 0.2) is 18.2 Å². The summed E-state index contributed by atoms with van der Waals surface area (Å²) in [5, 5.41) is 15.7. The third kappa shape index (κ3) is 3.48. The highest BCUT2D eigenvalue weighted by atomic mass is 14.9. The summed E-state index contributed by atoms with van der Waals surface area (Å²) in [5.74, 6) is 0.810. The van der Waals surface area contributed by atoms with E-state index in [-0.39, 0.29) is 0 Å². The van der Waals surface area contributed by atoms with Crippen molar-refractivity contribution in [3.63, 3.8) is 0 Å². The molecule has 2 N–H and O–H groups in total. The maximum absolute atomic E-state index is 8.82. The first kappa shape index (κ1) is 12.9. The molecule has 0 saturated carbocycles. The summed E-state index contributed by atoms with van der Waals surface area (Å²) in [4.78, 5) is 0. The molecule has 2 rings (SSSR count). The van der Waals surface area contributed by atoms with E-state index in [2.05, 4.69) is 16.7 Å². The van der Waals surface area contributed by atoms with Crippen molar-refractivity contribution in [1.29, 1.82) is 5.26 Å². The first-order chi connectivity index (χ1) is 8.79. The summed E-state index contributed by atoms with van der Waals surface area (Å²) in [6, 6.07) is 7.98. The van der Waals surface area contributed by atoms with Crippen molar-refractivity contribution in [2.75, 3.05) is 25.0 Å². The van der Waals surface area contributed by atoms with E-state index in [0.717, 1.165) is 35.8 Å². The summed E-state index contributed by atoms with van der Waals surface area (Å²) in [5.41, 5.74) is 3.03. The number of rotatable bonds is 4. The highest BCUT2D eigenvalue weighted by Gasteiger charge is 2.12. The minimum Gasteiger partial charge on any atom is -0.385 e. The first-order valence-electron chi connectivity index (χ1n) is 6.75. The highest BCUT2D eigenvalue weighted by molar-refractivity contribution is 5.53. The largest absolute Gasteiger partial charge is 0.385 e. The van der Waals surface area contributed by atoms with Crippen LogP contribution in [-0.4, -0.2) is 19.6 Å². The van der Waals surface area contributed by atoms with Crippen LogP contribution in [0.5, 0.6) is 0 Å². The molecule has 0 amide bonds. The summed E-state index contributed by atoms with van der Waals surface area (Å²) in [7, 11) is 0. The second-order valence-electron chi connectivity index (χ2n) is 5.07. The molecule has 1 saturated heterocycles. The van der Waals surface area contributed by atoms with E-state index < -0.39 is 0 Å². The number of nitrogens with zero attached hydrogens (tertiary/aromatic N) is 1. The first-order valence-corrected chi connectivity index (χ1v) is 6.75. The van der Waals surface area contributed by atoms with E-state index >= 15 is 0 Å². The lowest BCUT2D eigenvalue weighted by molar-refractivity contribution is 0.364. The number of nitrogens with one attached hydrogen (secondary N) is 2. The van der Waals surface area contributed by atoms with Crippen molar-refractivity contribution in [3.8, 4) is 6.07 Å². The Morgan fingerprint density at radius 1 is 1.50 bits per heavy atom. The molecule has 1 aromatic carbocycles. The highest BCUT2D eigenvalue weighted by Crippen LogP contribution is 2.18. The van der Waals surface area contributed by atoms with Gasteiger partial charge in [-0.3, -0.25) is 0 Å². The van der Waals surface area contributed by atoms with Gasteiger partial charge in [0.05, 0.1) is 11.6 Å². The number of nitriles is 1. The molecule has 1 fully saturated rings. The molecule has 1 atom stereocenters. The van der Waals surface area contributed by atoms with Crippen LogP contribution in [0, 0.1) is 24.2 Å². The van der Waals surface area contributed by atoms with Crippen molar-refractivity contribution in [2.45, 2.75) is 26.2 Å². The molecular weight excluding hydrogens is 222 g/mol. The lowest BCUT2D eigenvalue weighted by atomic mass is 9.96. The molecule has 1 heterocycles. The van der Waals surface area contributed by atoms with Crippen LogP contribution in [0.3, 0.4) is 0 Å². The van der Waals surface area contributed by atoms with Gasteiger partial charge in [0, 0.05) is 12.2 Å². The number of aryl methyl sites for hydroxylation is 1. The topological polar surface area (TPSA) is 47.9 Å². The summed E-state index contributed by atoms with van der Waals surface area (Å²) < 4.78 is 0. The standard InChI is InChI=1S/C15H21N3/c1-12-9-14(10-16)4-5-15(12)18-8-6-13-3-2-7-17-11-13/h4-5,9,13,17-18H,2-3,6-8,11H2,1H3. The average Bonchev–Trinajstić information content (AvgIpc) is 2.42. The zero-order chi connectivity index (χ0) is 12.8. The second-order valence-corrected chi connectivity index (χ2v) is 5.07. The van der Waals surface area contributed by atoms with Gasteiger partial charge in [-0.25, -0.2) is 0 Å². The lowest BCUT2D eigenvalue weighted by Crippen LogP contribution is -2.30. The third-order valence-electron chi connectivity index (χ3n) is 3.62. The number of hydrogen-bond donors (Lipinski definition) is 2. The Labute approximate surface area is 109 Å². The maximum atomic E-state index is 8.82. The number of hydrogen-bond acceptors (Lipinski definition) is 3. The molecule has 0 spiro atoms. The number of benzene rings is 1. The molecular formula is C15H21N3. The Morgan fingerprint density at radius 3 is 3.06 bits per heavy atom. The Kier molecular flexibility index (Phi) is 4.60. The fraction of sp³-hybridized carbons (Fsp3) is 0.533. The van der Waals surface area contributed by atoms with Crippen LogP contribution in [0.25, 0.3) is 0 Å². The van der Waals surface area contributed by atoms with Gasteiger partial charge in [-0.05, 0) is 69.0 Å². The molecule has 1 aliphatic rings. The molecule has 96 valence electrons. The fourth-order valence-corrected chi connectivity index (χ4v) is 2.51. The predicted molar refractivity (Wildman–Crippen MR) is 74.6 cm³/mol. The average molecular weight is 243 g/mol. The second kappa shape index (κ2) is 6.42. The van der Waals surface area contributed by atoms with Crippen LogP contribution < -0.4 is 10.6 Å². The Balaban J connectivity index is 1.81. The van der Waals surface area contributed by atoms with Crippen molar-refractivity contribution < 1.29 is 0 Å². The van der Waals surface area contributed by atoms with Gasteiger partial charge in [0.2, 0.25) is 0 Å². The van der Waals surface area contributed by atoms with Gasteiger partial charge in [0.25, 0.3) is 0 Å². The van der Waals surface area contributed by atoms with Crippen LogP contribution >= 0.6 is 0 Å². The molecule has 0 aromatic heterocycles. The molecule has 0 bridgehead atoms. The Bertz CT molecular complexity index is 428. The Morgan fingerprint density at radius 2 is 2.39 bits per heavy atom. The molecule has 1 unspecified atom stereocenters. The molecule has 3 nitrogen and oxygen atoms in total. The van der Waals surface area contributed by atoms with Crippen molar-refractivity contribution in [3.05, 3.63) is 29.3 Å².